The maximum atomic E-state index is 10.6. The number of nitrogens with zero attached hydrogens (tertiary/aromatic N) is 1. The average molecular weight is 234 g/mol. The Morgan fingerprint density at radius 2 is 2.25 bits per heavy atom. The largest absolute Gasteiger partial charge is 0.399 e. The lowest BCUT2D eigenvalue weighted by Gasteiger charge is -1.98. The molecule has 0 aliphatic heterocycles. The highest BCUT2D eigenvalue weighted by molar-refractivity contribution is 7.14. The Morgan fingerprint density at radius 1 is 1.44 bits per heavy atom. The van der Waals surface area contributed by atoms with Crippen molar-refractivity contribution in [1.29, 1.82) is 0 Å². The first-order chi connectivity index (χ1) is 7.65. The van der Waals surface area contributed by atoms with E-state index in [1.54, 1.807) is 6.07 Å². The number of thiazole rings is 1. The van der Waals surface area contributed by atoms with Gasteiger partial charge in [0.1, 0.15) is 0 Å². The molecule has 2 aromatic rings. The van der Waals surface area contributed by atoms with Gasteiger partial charge in [-0.2, -0.15) is 0 Å². The monoisotopic (exact) mass is 234 g/mol. The van der Waals surface area contributed by atoms with Crippen LogP contribution in [0.3, 0.4) is 0 Å². The molecule has 16 heavy (non-hydrogen) atoms. The first kappa shape index (κ1) is 10.4. The molecule has 0 atom stereocenters. The molecule has 2 amide bonds. The molecule has 0 unspecified atom stereocenters. The Bertz CT molecular complexity index is 523. The van der Waals surface area contributed by atoms with Crippen LogP contribution in [-0.4, -0.2) is 11.0 Å². The number of nitrogens with two attached hydrogens (primary N) is 2. The van der Waals surface area contributed by atoms with Crippen molar-refractivity contribution in [3.8, 4) is 11.3 Å². The van der Waals surface area contributed by atoms with Gasteiger partial charge >= 0.3 is 6.03 Å². The second-order valence-corrected chi connectivity index (χ2v) is 4.01. The molecule has 1 aromatic heterocycles. The minimum Gasteiger partial charge on any atom is -0.399 e. The molecule has 0 fully saturated rings. The maximum absolute atomic E-state index is 10.6. The average Bonchev–Trinajstić information content (AvgIpc) is 2.65. The van der Waals surface area contributed by atoms with E-state index in [1.807, 2.05) is 23.6 Å². The zero-order valence-electron chi connectivity index (χ0n) is 8.31. The van der Waals surface area contributed by atoms with Crippen molar-refractivity contribution in [1.82, 2.24) is 4.98 Å². The van der Waals surface area contributed by atoms with Crippen LogP contribution in [0.4, 0.5) is 15.6 Å². The molecule has 2 rings (SSSR count). The molecule has 82 valence electrons. The van der Waals surface area contributed by atoms with E-state index in [2.05, 4.69) is 10.3 Å². The van der Waals surface area contributed by atoms with Gasteiger partial charge in [0.2, 0.25) is 0 Å². The van der Waals surface area contributed by atoms with Crippen LogP contribution in [0.15, 0.2) is 29.6 Å². The Kier molecular flexibility index (Phi) is 2.74. The van der Waals surface area contributed by atoms with Crippen LogP contribution in [0.1, 0.15) is 0 Å². The molecule has 0 aliphatic rings. The van der Waals surface area contributed by atoms with Crippen LogP contribution in [0.2, 0.25) is 0 Å². The number of nitrogens with one attached hydrogen (secondary N) is 1. The number of hydrogen-bond donors (Lipinski definition) is 3. The molecular weight excluding hydrogens is 224 g/mol. The highest BCUT2D eigenvalue weighted by Gasteiger charge is 2.05. The van der Waals surface area contributed by atoms with Gasteiger partial charge in [0.15, 0.2) is 5.13 Å². The first-order valence-electron chi connectivity index (χ1n) is 4.53. The number of primary amides is 1. The van der Waals surface area contributed by atoms with Crippen LogP contribution in [0, 0.1) is 0 Å². The quantitative estimate of drug-likeness (QED) is 0.692. The Balaban J connectivity index is 2.28. The van der Waals surface area contributed by atoms with Gasteiger partial charge in [-0.15, -0.1) is 11.3 Å². The lowest BCUT2D eigenvalue weighted by atomic mass is 10.1. The molecule has 0 bridgehead atoms. The topological polar surface area (TPSA) is 94.0 Å². The standard InChI is InChI=1S/C10H10N4OS/c11-7-3-1-2-6(4-7)8-5-16-10(13-8)14-9(12)15/h1-5H,11H2,(H3,12,13,14,15). The number of amides is 2. The summed E-state index contributed by atoms with van der Waals surface area (Å²) in [5, 5.41) is 4.73. The Morgan fingerprint density at radius 3 is 2.94 bits per heavy atom. The summed E-state index contributed by atoms with van der Waals surface area (Å²) in [4.78, 5) is 14.8. The van der Waals surface area contributed by atoms with E-state index in [-0.39, 0.29) is 0 Å². The molecule has 0 spiro atoms. The predicted molar refractivity (Wildman–Crippen MR) is 65.2 cm³/mol. The van der Waals surface area contributed by atoms with Crippen LogP contribution < -0.4 is 16.8 Å². The number of carbonyl (C=O) groups excluding carboxylic acids is 1. The minimum atomic E-state index is -0.617. The number of carbonyl (C=O) groups is 1. The highest BCUT2D eigenvalue weighted by atomic mass is 32.1. The number of benzene rings is 1. The highest BCUT2D eigenvalue weighted by Crippen LogP contribution is 2.25. The number of urea groups is 1. The van der Waals surface area contributed by atoms with Crippen molar-refractivity contribution in [3.05, 3.63) is 29.6 Å². The van der Waals surface area contributed by atoms with Gasteiger partial charge < -0.3 is 11.5 Å². The number of rotatable bonds is 2. The molecular formula is C10H10N4OS. The van der Waals surface area contributed by atoms with E-state index >= 15 is 0 Å². The van der Waals surface area contributed by atoms with Crippen molar-refractivity contribution >= 4 is 28.2 Å². The summed E-state index contributed by atoms with van der Waals surface area (Å²) in [6.45, 7) is 0. The van der Waals surface area contributed by atoms with Crippen LogP contribution in [-0.2, 0) is 0 Å². The van der Waals surface area contributed by atoms with E-state index in [0.29, 0.717) is 10.8 Å². The number of anilines is 2. The van der Waals surface area contributed by atoms with Crippen molar-refractivity contribution in [2.24, 2.45) is 5.73 Å². The predicted octanol–water partition coefficient (Wildman–Crippen LogP) is 1.88. The van der Waals surface area contributed by atoms with E-state index in [4.69, 9.17) is 11.5 Å². The zero-order chi connectivity index (χ0) is 11.5. The third-order valence-corrected chi connectivity index (χ3v) is 2.67. The summed E-state index contributed by atoms with van der Waals surface area (Å²) in [7, 11) is 0. The second kappa shape index (κ2) is 4.19. The van der Waals surface area contributed by atoms with Crippen molar-refractivity contribution in [2.45, 2.75) is 0 Å². The minimum absolute atomic E-state index is 0.477. The molecule has 1 heterocycles. The summed E-state index contributed by atoms with van der Waals surface area (Å²) in [5.74, 6) is 0. The van der Waals surface area contributed by atoms with E-state index in [0.717, 1.165) is 11.3 Å². The zero-order valence-corrected chi connectivity index (χ0v) is 9.12. The van der Waals surface area contributed by atoms with Gasteiger partial charge in [-0.1, -0.05) is 12.1 Å². The molecule has 0 saturated heterocycles. The summed E-state index contributed by atoms with van der Waals surface area (Å²) >= 11 is 1.31. The third-order valence-electron chi connectivity index (χ3n) is 1.92. The Labute approximate surface area is 96.1 Å². The SMILES string of the molecule is NC(=O)Nc1nc(-c2cccc(N)c2)cs1. The van der Waals surface area contributed by atoms with Gasteiger partial charge in [0.05, 0.1) is 5.69 Å². The number of hydrogen-bond acceptors (Lipinski definition) is 4. The lowest BCUT2D eigenvalue weighted by Crippen LogP contribution is -2.18. The second-order valence-electron chi connectivity index (χ2n) is 3.15. The molecule has 0 radical (unpaired) electrons. The van der Waals surface area contributed by atoms with Gasteiger partial charge in [-0.3, -0.25) is 5.32 Å². The van der Waals surface area contributed by atoms with Crippen molar-refractivity contribution in [3.63, 3.8) is 0 Å². The van der Waals surface area contributed by atoms with Gasteiger partial charge in [0.25, 0.3) is 0 Å². The van der Waals surface area contributed by atoms with Gasteiger partial charge in [-0.25, -0.2) is 9.78 Å². The van der Waals surface area contributed by atoms with E-state index in [1.165, 1.54) is 11.3 Å². The molecule has 5 nitrogen and oxygen atoms in total. The maximum Gasteiger partial charge on any atom is 0.318 e. The number of nitrogen functional groups attached to an aromatic ring is 1. The summed E-state index contributed by atoms with van der Waals surface area (Å²) in [6.07, 6.45) is 0. The third kappa shape index (κ3) is 2.29. The fourth-order valence-corrected chi connectivity index (χ4v) is 1.99. The van der Waals surface area contributed by atoms with Gasteiger partial charge in [0, 0.05) is 16.6 Å². The molecule has 0 saturated carbocycles. The van der Waals surface area contributed by atoms with Crippen LogP contribution in [0.5, 0.6) is 0 Å². The fraction of sp³-hybridized carbons (Fsp3) is 0. The Hall–Kier alpha value is -2.08. The van der Waals surface area contributed by atoms with Gasteiger partial charge in [-0.05, 0) is 12.1 Å². The summed E-state index contributed by atoms with van der Waals surface area (Å²) in [5.41, 5.74) is 13.0. The lowest BCUT2D eigenvalue weighted by molar-refractivity contribution is 0.259. The summed E-state index contributed by atoms with van der Waals surface area (Å²) in [6, 6.07) is 6.76. The van der Waals surface area contributed by atoms with E-state index in [9.17, 15) is 4.79 Å². The molecule has 0 aliphatic carbocycles. The molecule has 5 N–H and O–H groups in total. The molecule has 6 heteroatoms. The van der Waals surface area contributed by atoms with Crippen LogP contribution >= 0.6 is 11.3 Å². The molecule has 1 aromatic carbocycles. The smallest absolute Gasteiger partial charge is 0.318 e. The number of aromatic nitrogens is 1. The van der Waals surface area contributed by atoms with Crippen LogP contribution in [0.25, 0.3) is 11.3 Å². The van der Waals surface area contributed by atoms with Crippen molar-refractivity contribution < 1.29 is 4.79 Å². The summed E-state index contributed by atoms with van der Waals surface area (Å²) < 4.78 is 0. The van der Waals surface area contributed by atoms with Crippen molar-refractivity contribution in [2.75, 3.05) is 11.1 Å². The fourth-order valence-electron chi connectivity index (χ4n) is 1.27. The first-order valence-corrected chi connectivity index (χ1v) is 5.41. The van der Waals surface area contributed by atoms with E-state index < -0.39 is 6.03 Å². The normalized spacial score (nSPS) is 10.0.